The average molecular weight is 262 g/mol. The second-order valence-electron chi connectivity index (χ2n) is 4.20. The normalized spacial score (nSPS) is 18.2. The predicted octanol–water partition coefficient (Wildman–Crippen LogP) is 2.05. The van der Waals surface area contributed by atoms with Gasteiger partial charge in [0.1, 0.15) is 5.01 Å². The number of hydrogen-bond acceptors (Lipinski definition) is 5. The molecule has 2 rings (SSSR count). The maximum absolute atomic E-state index is 5.75. The van der Waals surface area contributed by atoms with Crippen molar-refractivity contribution in [1.82, 2.24) is 15.1 Å². The van der Waals surface area contributed by atoms with Gasteiger partial charge in [0.05, 0.1) is 6.54 Å². The molecule has 4 nitrogen and oxygen atoms in total. The number of aromatic nitrogens is 2. The van der Waals surface area contributed by atoms with Gasteiger partial charge in [-0.2, -0.15) is 0 Å². The summed E-state index contributed by atoms with van der Waals surface area (Å²) in [6.07, 6.45) is 2.34. The van der Waals surface area contributed by atoms with Gasteiger partial charge in [0.25, 0.3) is 0 Å². The van der Waals surface area contributed by atoms with Gasteiger partial charge < -0.3 is 4.74 Å². The Morgan fingerprint density at radius 3 is 2.81 bits per heavy atom. The zero-order valence-electron chi connectivity index (χ0n) is 9.36. The molecule has 1 aromatic rings. The summed E-state index contributed by atoms with van der Waals surface area (Å²) >= 11 is 7.20. The lowest BCUT2D eigenvalue weighted by atomic mass is 10.00. The van der Waals surface area contributed by atoms with E-state index in [0.717, 1.165) is 37.2 Å². The first-order chi connectivity index (χ1) is 7.74. The van der Waals surface area contributed by atoms with E-state index in [0.29, 0.717) is 4.47 Å². The number of halogens is 1. The highest BCUT2D eigenvalue weighted by atomic mass is 35.5. The fourth-order valence-electron chi connectivity index (χ4n) is 1.96. The van der Waals surface area contributed by atoms with E-state index in [9.17, 15) is 0 Å². The van der Waals surface area contributed by atoms with Crippen LogP contribution in [0.5, 0.6) is 0 Å². The molecule has 1 saturated heterocycles. The van der Waals surface area contributed by atoms with E-state index in [4.69, 9.17) is 16.3 Å². The van der Waals surface area contributed by atoms with Crippen LogP contribution in [0.3, 0.4) is 0 Å². The van der Waals surface area contributed by atoms with Crippen molar-refractivity contribution < 1.29 is 4.74 Å². The lowest BCUT2D eigenvalue weighted by Crippen LogP contribution is -2.29. The molecule has 1 aromatic heterocycles. The van der Waals surface area contributed by atoms with E-state index in [-0.39, 0.29) is 0 Å². The van der Waals surface area contributed by atoms with Crippen LogP contribution >= 0.6 is 22.9 Å². The number of ether oxygens (including phenoxy) is 1. The Morgan fingerprint density at radius 2 is 2.19 bits per heavy atom. The molecule has 2 heterocycles. The van der Waals surface area contributed by atoms with Gasteiger partial charge in [0, 0.05) is 19.8 Å². The third kappa shape index (κ3) is 3.66. The van der Waals surface area contributed by atoms with Crippen LogP contribution in [-0.4, -0.2) is 41.9 Å². The lowest BCUT2D eigenvalue weighted by Gasteiger charge is -2.26. The Morgan fingerprint density at radius 1 is 1.44 bits per heavy atom. The largest absolute Gasteiger partial charge is 0.381 e. The molecule has 90 valence electrons. The summed E-state index contributed by atoms with van der Waals surface area (Å²) in [5.74, 6) is 0.752. The first-order valence-electron chi connectivity index (χ1n) is 5.48. The van der Waals surface area contributed by atoms with Crippen molar-refractivity contribution in [2.45, 2.75) is 19.4 Å². The van der Waals surface area contributed by atoms with Crippen LogP contribution in [0.25, 0.3) is 0 Å². The van der Waals surface area contributed by atoms with E-state index in [1.807, 2.05) is 0 Å². The summed E-state index contributed by atoms with van der Waals surface area (Å²) in [6.45, 7) is 3.74. The van der Waals surface area contributed by atoms with Crippen molar-refractivity contribution in [3.8, 4) is 0 Å². The quantitative estimate of drug-likeness (QED) is 0.832. The van der Waals surface area contributed by atoms with E-state index < -0.39 is 0 Å². The predicted molar refractivity (Wildman–Crippen MR) is 64.8 cm³/mol. The van der Waals surface area contributed by atoms with Crippen LogP contribution in [0.4, 0.5) is 0 Å². The molecule has 0 spiro atoms. The second-order valence-corrected chi connectivity index (χ2v) is 5.85. The summed E-state index contributed by atoms with van der Waals surface area (Å²) in [5, 5.41) is 8.81. The van der Waals surface area contributed by atoms with E-state index in [2.05, 4.69) is 22.1 Å². The van der Waals surface area contributed by atoms with Crippen molar-refractivity contribution >= 4 is 22.9 Å². The van der Waals surface area contributed by atoms with Crippen LogP contribution in [0.2, 0.25) is 4.47 Å². The van der Waals surface area contributed by atoms with E-state index >= 15 is 0 Å². The molecule has 16 heavy (non-hydrogen) atoms. The first-order valence-corrected chi connectivity index (χ1v) is 6.67. The molecule has 0 N–H and O–H groups in total. The van der Waals surface area contributed by atoms with Gasteiger partial charge in [-0.05, 0) is 37.4 Å². The third-order valence-corrected chi connectivity index (χ3v) is 3.76. The van der Waals surface area contributed by atoms with E-state index in [1.165, 1.54) is 24.2 Å². The Labute approximate surface area is 105 Å². The molecule has 0 bridgehead atoms. The lowest BCUT2D eigenvalue weighted by molar-refractivity contribution is 0.0549. The first kappa shape index (κ1) is 12.2. The van der Waals surface area contributed by atoms with Crippen LogP contribution in [-0.2, 0) is 11.3 Å². The second kappa shape index (κ2) is 5.91. The van der Waals surface area contributed by atoms with Gasteiger partial charge >= 0.3 is 0 Å². The Hall–Kier alpha value is -0.230. The topological polar surface area (TPSA) is 38.2 Å². The molecule has 1 fully saturated rings. The molecule has 0 atom stereocenters. The maximum Gasteiger partial charge on any atom is 0.207 e. The average Bonchev–Trinajstić information content (AvgIpc) is 2.65. The Kier molecular flexibility index (Phi) is 4.52. The van der Waals surface area contributed by atoms with Gasteiger partial charge in [-0.3, -0.25) is 4.90 Å². The maximum atomic E-state index is 5.75. The van der Waals surface area contributed by atoms with Gasteiger partial charge in [0.2, 0.25) is 4.47 Å². The smallest absolute Gasteiger partial charge is 0.207 e. The van der Waals surface area contributed by atoms with Crippen LogP contribution in [0.15, 0.2) is 0 Å². The fourth-order valence-corrected chi connectivity index (χ4v) is 2.91. The monoisotopic (exact) mass is 261 g/mol. The van der Waals surface area contributed by atoms with Gasteiger partial charge in [0.15, 0.2) is 0 Å². The minimum atomic E-state index is 0.523. The van der Waals surface area contributed by atoms with Crippen molar-refractivity contribution in [3.63, 3.8) is 0 Å². The van der Waals surface area contributed by atoms with Gasteiger partial charge in [-0.15, -0.1) is 10.2 Å². The molecule has 0 aromatic carbocycles. The van der Waals surface area contributed by atoms with Crippen LogP contribution < -0.4 is 0 Å². The molecule has 0 saturated carbocycles. The molecule has 0 radical (unpaired) electrons. The Balaban J connectivity index is 1.77. The fraction of sp³-hybridized carbons (Fsp3) is 0.800. The van der Waals surface area contributed by atoms with Crippen LogP contribution in [0.1, 0.15) is 17.8 Å². The Bertz CT molecular complexity index is 328. The third-order valence-electron chi connectivity index (χ3n) is 2.76. The van der Waals surface area contributed by atoms with Gasteiger partial charge in [-0.25, -0.2) is 0 Å². The highest BCUT2D eigenvalue weighted by Gasteiger charge is 2.16. The number of nitrogens with zero attached hydrogens (tertiary/aromatic N) is 3. The molecular formula is C10H16ClN3OS. The minimum absolute atomic E-state index is 0.523. The van der Waals surface area contributed by atoms with E-state index in [1.54, 1.807) is 0 Å². The van der Waals surface area contributed by atoms with Crippen molar-refractivity contribution in [1.29, 1.82) is 0 Å². The molecule has 0 unspecified atom stereocenters. The molecular weight excluding hydrogens is 246 g/mol. The highest BCUT2D eigenvalue weighted by Crippen LogP contribution is 2.19. The minimum Gasteiger partial charge on any atom is -0.381 e. The summed E-state index contributed by atoms with van der Waals surface area (Å²) in [5.41, 5.74) is 0. The van der Waals surface area contributed by atoms with Crippen molar-refractivity contribution in [2.75, 3.05) is 26.8 Å². The molecule has 0 amide bonds. The number of rotatable bonds is 4. The number of hydrogen-bond donors (Lipinski definition) is 0. The zero-order chi connectivity index (χ0) is 11.4. The SMILES string of the molecule is CN(Cc1nnc(Cl)s1)CC1CCOCC1. The van der Waals surface area contributed by atoms with Crippen molar-refractivity contribution in [3.05, 3.63) is 9.47 Å². The van der Waals surface area contributed by atoms with Crippen molar-refractivity contribution in [2.24, 2.45) is 5.92 Å². The molecule has 6 heteroatoms. The highest BCUT2D eigenvalue weighted by molar-refractivity contribution is 7.15. The molecule has 1 aliphatic rings. The summed E-state index contributed by atoms with van der Waals surface area (Å²) < 4.78 is 5.87. The standard InChI is InChI=1S/C10H16ClN3OS/c1-14(6-8-2-4-15-5-3-8)7-9-12-13-10(11)16-9/h8H,2-7H2,1H3. The molecule has 0 aliphatic carbocycles. The summed E-state index contributed by atoms with van der Waals surface area (Å²) in [4.78, 5) is 2.28. The summed E-state index contributed by atoms with van der Waals surface area (Å²) in [6, 6.07) is 0. The van der Waals surface area contributed by atoms with Gasteiger partial charge in [-0.1, -0.05) is 11.3 Å². The summed E-state index contributed by atoms with van der Waals surface area (Å²) in [7, 11) is 2.12. The van der Waals surface area contributed by atoms with Crippen LogP contribution in [0, 0.1) is 5.92 Å². The molecule has 1 aliphatic heterocycles. The zero-order valence-corrected chi connectivity index (χ0v) is 10.9.